The predicted octanol–water partition coefficient (Wildman–Crippen LogP) is 5.17. The molecule has 0 saturated carbocycles. The van der Waals surface area contributed by atoms with E-state index in [1.165, 1.54) is 4.90 Å². The van der Waals surface area contributed by atoms with Crippen LogP contribution >= 0.6 is 0 Å². The van der Waals surface area contributed by atoms with Crippen LogP contribution in [0.5, 0.6) is 0 Å². The van der Waals surface area contributed by atoms with Gasteiger partial charge in [0.25, 0.3) is 0 Å². The Kier molecular flexibility index (Phi) is 5.74. The first-order valence-corrected chi connectivity index (χ1v) is 13.3. The normalized spacial score (nSPS) is 24.9. The molecule has 5 heteroatoms. The number of amides is 3. The molecule has 7 rings (SSSR count). The molecule has 0 unspecified atom stereocenters. The number of imide groups is 1. The molecule has 37 heavy (non-hydrogen) atoms. The van der Waals surface area contributed by atoms with Gasteiger partial charge in [0.2, 0.25) is 17.7 Å². The Labute approximate surface area is 217 Å². The van der Waals surface area contributed by atoms with Gasteiger partial charge in [0, 0.05) is 11.8 Å². The van der Waals surface area contributed by atoms with Gasteiger partial charge in [-0.15, -0.1) is 0 Å². The van der Waals surface area contributed by atoms with E-state index in [9.17, 15) is 14.4 Å². The average Bonchev–Trinajstić information content (AvgIpc) is 3.17. The van der Waals surface area contributed by atoms with Gasteiger partial charge in [0.05, 0.1) is 17.9 Å². The Morgan fingerprint density at radius 2 is 1.16 bits per heavy atom. The van der Waals surface area contributed by atoms with Crippen molar-refractivity contribution in [1.29, 1.82) is 0 Å². The third kappa shape index (κ3) is 3.63. The summed E-state index contributed by atoms with van der Waals surface area (Å²) in [6.45, 7) is 5.98. The highest BCUT2D eigenvalue weighted by atomic mass is 16.2. The fourth-order valence-electron chi connectivity index (χ4n) is 6.92. The van der Waals surface area contributed by atoms with Crippen molar-refractivity contribution < 1.29 is 14.4 Å². The van der Waals surface area contributed by atoms with E-state index in [4.69, 9.17) is 0 Å². The zero-order valence-electron chi connectivity index (χ0n) is 21.4. The van der Waals surface area contributed by atoms with Crippen LogP contribution in [0.1, 0.15) is 72.9 Å². The molecule has 1 aliphatic heterocycles. The third-order valence-electron chi connectivity index (χ3n) is 8.45. The SMILES string of the molecule is CC(C)C[C@H](C(=O)N[C@H](C)c1ccccc1)N1C(=O)[C@H]2C3c4ccccc4C(c4ccccc43)[C@@H]2C1=O. The summed E-state index contributed by atoms with van der Waals surface area (Å²) >= 11 is 0. The molecule has 0 radical (unpaired) electrons. The first-order valence-electron chi connectivity index (χ1n) is 13.3. The lowest BCUT2D eigenvalue weighted by atomic mass is 9.55. The molecule has 3 aromatic rings. The van der Waals surface area contributed by atoms with Crippen molar-refractivity contribution in [2.45, 2.75) is 51.1 Å². The highest BCUT2D eigenvalue weighted by Crippen LogP contribution is 2.61. The van der Waals surface area contributed by atoms with Gasteiger partial charge >= 0.3 is 0 Å². The lowest BCUT2D eigenvalue weighted by Gasteiger charge is -2.45. The van der Waals surface area contributed by atoms with E-state index < -0.39 is 17.9 Å². The maximum atomic E-state index is 14.2. The molecule has 3 aliphatic carbocycles. The second kappa shape index (κ2) is 8.98. The van der Waals surface area contributed by atoms with Crippen molar-refractivity contribution in [3.05, 3.63) is 107 Å². The van der Waals surface area contributed by atoms with Gasteiger partial charge < -0.3 is 5.32 Å². The average molecular weight is 493 g/mol. The molecule has 0 spiro atoms. The number of carbonyl (C=O) groups is 3. The first kappa shape index (κ1) is 23.7. The lowest BCUT2D eigenvalue weighted by Crippen LogP contribution is -2.51. The van der Waals surface area contributed by atoms with Crippen molar-refractivity contribution >= 4 is 17.7 Å². The first-order chi connectivity index (χ1) is 17.9. The summed E-state index contributed by atoms with van der Waals surface area (Å²) in [5.41, 5.74) is 5.53. The van der Waals surface area contributed by atoms with E-state index in [2.05, 4.69) is 29.6 Å². The summed E-state index contributed by atoms with van der Waals surface area (Å²) in [6.07, 6.45) is 0.430. The maximum absolute atomic E-state index is 14.2. The third-order valence-corrected chi connectivity index (χ3v) is 8.45. The highest BCUT2D eigenvalue weighted by Gasteiger charge is 2.63. The van der Waals surface area contributed by atoms with Gasteiger partial charge in [0.1, 0.15) is 6.04 Å². The van der Waals surface area contributed by atoms with Gasteiger partial charge in [-0.1, -0.05) is 92.7 Å². The van der Waals surface area contributed by atoms with E-state index in [1.54, 1.807) is 0 Å². The number of nitrogens with zero attached hydrogens (tertiary/aromatic N) is 1. The Bertz CT molecular complexity index is 1270. The summed E-state index contributed by atoms with van der Waals surface area (Å²) in [6, 6.07) is 25.1. The minimum Gasteiger partial charge on any atom is -0.348 e. The molecular formula is C32H32N2O3. The van der Waals surface area contributed by atoms with Gasteiger partial charge in [-0.25, -0.2) is 0 Å². The summed E-state index contributed by atoms with van der Waals surface area (Å²) in [4.78, 5) is 43.4. The molecule has 0 aromatic heterocycles. The van der Waals surface area contributed by atoms with Crippen molar-refractivity contribution in [3.63, 3.8) is 0 Å². The quantitative estimate of drug-likeness (QED) is 0.483. The number of rotatable bonds is 6. The van der Waals surface area contributed by atoms with Crippen LogP contribution in [0.2, 0.25) is 0 Å². The summed E-state index contributed by atoms with van der Waals surface area (Å²) in [5.74, 6) is -1.84. The zero-order valence-corrected chi connectivity index (χ0v) is 21.4. The number of carbonyl (C=O) groups excluding carboxylic acids is 3. The van der Waals surface area contributed by atoms with Crippen LogP contribution in [0.3, 0.4) is 0 Å². The Hall–Kier alpha value is -3.73. The van der Waals surface area contributed by atoms with Crippen LogP contribution in [0.25, 0.3) is 0 Å². The number of nitrogens with one attached hydrogen (secondary N) is 1. The molecule has 5 nitrogen and oxygen atoms in total. The lowest BCUT2D eigenvalue weighted by molar-refractivity contribution is -0.148. The molecule has 188 valence electrons. The summed E-state index contributed by atoms with van der Waals surface area (Å²) < 4.78 is 0. The summed E-state index contributed by atoms with van der Waals surface area (Å²) in [7, 11) is 0. The Morgan fingerprint density at radius 1 is 0.730 bits per heavy atom. The van der Waals surface area contributed by atoms with Crippen LogP contribution in [-0.2, 0) is 14.4 Å². The van der Waals surface area contributed by atoms with Crippen molar-refractivity contribution in [3.8, 4) is 0 Å². The van der Waals surface area contributed by atoms with Gasteiger partial charge in [0.15, 0.2) is 0 Å². The topological polar surface area (TPSA) is 66.5 Å². The van der Waals surface area contributed by atoms with Crippen LogP contribution in [0, 0.1) is 17.8 Å². The van der Waals surface area contributed by atoms with Gasteiger partial charge in [-0.3, -0.25) is 19.3 Å². The van der Waals surface area contributed by atoms with Crippen molar-refractivity contribution in [1.82, 2.24) is 10.2 Å². The molecule has 4 atom stereocenters. The van der Waals surface area contributed by atoms with Gasteiger partial charge in [-0.05, 0) is 47.1 Å². The minimum atomic E-state index is -0.831. The van der Waals surface area contributed by atoms with Crippen molar-refractivity contribution in [2.24, 2.45) is 17.8 Å². The largest absolute Gasteiger partial charge is 0.348 e. The molecular weight excluding hydrogens is 460 g/mol. The van der Waals surface area contributed by atoms with E-state index in [0.717, 1.165) is 27.8 Å². The molecule has 1 N–H and O–H groups in total. The Balaban J connectivity index is 1.38. The molecule has 1 fully saturated rings. The van der Waals surface area contributed by atoms with E-state index in [-0.39, 0.29) is 41.5 Å². The fraction of sp³-hybridized carbons (Fsp3) is 0.344. The number of hydrogen-bond donors (Lipinski definition) is 1. The zero-order chi connectivity index (χ0) is 25.8. The maximum Gasteiger partial charge on any atom is 0.243 e. The fourth-order valence-corrected chi connectivity index (χ4v) is 6.92. The smallest absolute Gasteiger partial charge is 0.243 e. The monoisotopic (exact) mass is 492 g/mol. The molecule has 1 heterocycles. The molecule has 3 amide bonds. The summed E-state index contributed by atoms with van der Waals surface area (Å²) in [5, 5.41) is 3.09. The number of likely N-dealkylation sites (tertiary alicyclic amines) is 1. The van der Waals surface area contributed by atoms with E-state index in [1.807, 2.05) is 75.4 Å². The van der Waals surface area contributed by atoms with E-state index in [0.29, 0.717) is 6.42 Å². The molecule has 1 saturated heterocycles. The number of hydrogen-bond acceptors (Lipinski definition) is 3. The second-order valence-corrected chi connectivity index (χ2v) is 11.1. The van der Waals surface area contributed by atoms with Gasteiger partial charge in [-0.2, -0.15) is 0 Å². The molecule has 3 aromatic carbocycles. The molecule has 4 aliphatic rings. The predicted molar refractivity (Wildman–Crippen MR) is 142 cm³/mol. The van der Waals surface area contributed by atoms with Crippen LogP contribution in [0.4, 0.5) is 0 Å². The highest BCUT2D eigenvalue weighted by molar-refractivity contribution is 6.10. The van der Waals surface area contributed by atoms with E-state index >= 15 is 0 Å². The minimum absolute atomic E-state index is 0.136. The van der Waals surface area contributed by atoms with Crippen molar-refractivity contribution in [2.75, 3.05) is 0 Å². The van der Waals surface area contributed by atoms with Crippen LogP contribution in [-0.4, -0.2) is 28.7 Å². The molecule has 2 bridgehead atoms. The Morgan fingerprint density at radius 3 is 1.59 bits per heavy atom. The second-order valence-electron chi connectivity index (χ2n) is 11.1. The number of benzene rings is 3. The standard InChI is InChI=1S/C32H32N2O3/c1-18(2)17-25(30(35)33-19(3)20-11-5-4-6-12-20)34-31(36)28-26-21-13-7-8-14-22(21)27(29(28)32(34)37)24-16-10-9-15-23(24)26/h4-16,18-19,25-29H,17H2,1-3H3,(H,33,35)/t19-,25-,26?,27?,28+,29+/m1/s1. The van der Waals surface area contributed by atoms with Crippen LogP contribution < -0.4 is 5.32 Å². The van der Waals surface area contributed by atoms with Crippen LogP contribution in [0.15, 0.2) is 78.9 Å².